The number of hydrogen-bond acceptors (Lipinski definition) is 4. The average molecular weight is 207 g/mol. The Morgan fingerprint density at radius 1 is 1.13 bits per heavy atom. The van der Waals surface area contributed by atoms with Gasteiger partial charge in [-0.3, -0.25) is 9.59 Å². The van der Waals surface area contributed by atoms with E-state index in [1.165, 1.54) is 6.92 Å². The van der Waals surface area contributed by atoms with Crippen LogP contribution in [0.4, 0.5) is 0 Å². The quantitative estimate of drug-likeness (QED) is 0.624. The molecule has 1 rings (SSSR count). The van der Waals surface area contributed by atoms with Gasteiger partial charge in [-0.2, -0.15) is 0 Å². The Bertz CT molecular complexity index is 399. The molecule has 4 nitrogen and oxygen atoms in total. The summed E-state index contributed by atoms with van der Waals surface area (Å²) in [6.45, 7) is 5.55. The van der Waals surface area contributed by atoms with Gasteiger partial charge in [0.25, 0.3) is 0 Å². The summed E-state index contributed by atoms with van der Waals surface area (Å²) in [5.41, 5.74) is 0.153. The van der Waals surface area contributed by atoms with Crippen molar-refractivity contribution in [3.05, 3.63) is 34.9 Å². The van der Waals surface area contributed by atoms with Gasteiger partial charge in [0, 0.05) is 22.3 Å². The molecule has 0 aromatic heterocycles. The lowest BCUT2D eigenvalue weighted by atomic mass is 9.85. The fourth-order valence-electron chi connectivity index (χ4n) is 1.49. The monoisotopic (exact) mass is 207 g/mol. The van der Waals surface area contributed by atoms with E-state index in [0.717, 1.165) is 6.08 Å². The first kappa shape index (κ1) is 11.6. The van der Waals surface area contributed by atoms with E-state index in [1.807, 2.05) is 0 Å². The van der Waals surface area contributed by atoms with Crippen LogP contribution < -0.4 is 0 Å². The summed E-state index contributed by atoms with van der Waals surface area (Å²) in [4.78, 5) is 23.3. The summed E-state index contributed by atoms with van der Waals surface area (Å²) in [7, 11) is 0. The normalized spacial score (nSPS) is 17.5. The Labute approximate surface area is 87.2 Å². The number of carbonyl (C=O) groups excluding carboxylic acids is 2. The van der Waals surface area contributed by atoms with Gasteiger partial charge in [-0.1, -0.05) is 12.7 Å². The van der Waals surface area contributed by atoms with E-state index in [2.05, 4.69) is 0 Å². The number of carbonyl (C=O) groups is 2. The van der Waals surface area contributed by atoms with Crippen LogP contribution in [0.25, 0.3) is 0 Å². The number of ketones is 2. The molecule has 0 saturated heterocycles. The van der Waals surface area contributed by atoms with Gasteiger partial charge in [0.15, 0.2) is 11.6 Å². The van der Waals surface area contributed by atoms with Crippen molar-refractivity contribution in [2.24, 2.45) is 0 Å². The maximum absolute atomic E-state index is 11.7. The smallest absolute Gasteiger partial charge is 0.192 e. The van der Waals surface area contributed by atoms with E-state index in [4.69, 9.17) is 16.8 Å². The minimum Gasteiger partial charge on any atom is -0.392 e. The largest absolute Gasteiger partial charge is 0.392 e. The van der Waals surface area contributed by atoms with E-state index in [0.29, 0.717) is 0 Å². The zero-order valence-electron chi connectivity index (χ0n) is 8.28. The molecule has 1 radical (unpaired) electrons. The van der Waals surface area contributed by atoms with Gasteiger partial charge in [0.1, 0.15) is 0 Å². The third-order valence-corrected chi connectivity index (χ3v) is 2.38. The minimum atomic E-state index is -0.578. The molecular formula is C11H11O4. The van der Waals surface area contributed by atoms with Crippen LogP contribution in [0, 0.1) is 6.58 Å². The second kappa shape index (κ2) is 4.33. The van der Waals surface area contributed by atoms with Gasteiger partial charge in [-0.05, 0) is 6.92 Å². The molecule has 0 bridgehead atoms. The highest BCUT2D eigenvalue weighted by Gasteiger charge is 2.29. The number of aliphatic hydroxyl groups is 2. The van der Waals surface area contributed by atoms with Crippen LogP contribution in [-0.2, 0) is 9.59 Å². The summed E-state index contributed by atoms with van der Waals surface area (Å²) in [5, 5.41) is 17.9. The minimum absolute atomic E-state index is 0.0504. The molecule has 0 spiro atoms. The number of aliphatic hydroxyl groups excluding tert-OH is 2. The number of Topliss-reactive ketones (excluding diaryl/α,β-unsaturated/α-hetero) is 2. The van der Waals surface area contributed by atoms with E-state index < -0.39 is 24.8 Å². The standard InChI is InChI=1S/C11H11O4/c1-3-7-6(2)10(14)8(4-12)9(5-13)11(7)15/h1,3,12-13H,4-5H2,2H3. The highest BCUT2D eigenvalue weighted by molar-refractivity contribution is 6.26. The molecule has 0 amide bonds. The van der Waals surface area contributed by atoms with Crippen molar-refractivity contribution in [1.82, 2.24) is 0 Å². The van der Waals surface area contributed by atoms with Gasteiger partial charge in [-0.25, -0.2) is 0 Å². The predicted molar refractivity (Wildman–Crippen MR) is 52.8 cm³/mol. The summed E-state index contributed by atoms with van der Waals surface area (Å²) in [5.74, 6) is -0.945. The number of hydrogen-bond donors (Lipinski definition) is 2. The summed E-state index contributed by atoms with van der Waals surface area (Å²) < 4.78 is 0. The molecule has 4 heteroatoms. The topological polar surface area (TPSA) is 74.6 Å². The van der Waals surface area contributed by atoms with Crippen molar-refractivity contribution >= 4 is 11.6 Å². The van der Waals surface area contributed by atoms with Crippen LogP contribution in [0.15, 0.2) is 28.4 Å². The lowest BCUT2D eigenvalue weighted by Gasteiger charge is -2.18. The maximum atomic E-state index is 11.7. The van der Waals surface area contributed by atoms with Gasteiger partial charge >= 0.3 is 0 Å². The van der Waals surface area contributed by atoms with Gasteiger partial charge in [0.05, 0.1) is 13.2 Å². The first-order valence-electron chi connectivity index (χ1n) is 4.37. The molecule has 15 heavy (non-hydrogen) atoms. The lowest BCUT2D eigenvalue weighted by Crippen LogP contribution is -2.25. The first-order valence-corrected chi connectivity index (χ1v) is 4.37. The van der Waals surface area contributed by atoms with Crippen molar-refractivity contribution in [2.45, 2.75) is 6.92 Å². The zero-order chi connectivity index (χ0) is 11.6. The molecule has 1 aliphatic rings. The molecule has 1 aliphatic carbocycles. The Balaban J connectivity index is 3.37. The Morgan fingerprint density at radius 2 is 1.60 bits per heavy atom. The highest BCUT2D eigenvalue weighted by atomic mass is 16.3. The molecular weight excluding hydrogens is 196 g/mol. The molecule has 0 atom stereocenters. The lowest BCUT2D eigenvalue weighted by molar-refractivity contribution is -0.117. The number of allylic oxidation sites excluding steroid dienone is 3. The summed E-state index contributed by atoms with van der Waals surface area (Å²) in [6.07, 6.45) is 1.04. The molecule has 0 aromatic rings. The second-order valence-electron chi connectivity index (χ2n) is 3.14. The van der Waals surface area contributed by atoms with E-state index in [9.17, 15) is 9.59 Å². The highest BCUT2D eigenvalue weighted by Crippen LogP contribution is 2.24. The third-order valence-electron chi connectivity index (χ3n) is 2.38. The second-order valence-corrected chi connectivity index (χ2v) is 3.14. The number of rotatable bonds is 3. The Kier molecular flexibility index (Phi) is 3.34. The van der Waals surface area contributed by atoms with Crippen LogP contribution >= 0.6 is 0 Å². The van der Waals surface area contributed by atoms with E-state index >= 15 is 0 Å². The SMILES string of the molecule is [CH]=CC1=C(C)C(=O)C(CO)=C(CO)C1=O. The maximum Gasteiger partial charge on any atom is 0.192 e. The van der Waals surface area contributed by atoms with Gasteiger partial charge in [-0.15, -0.1) is 0 Å². The van der Waals surface area contributed by atoms with E-state index in [1.54, 1.807) is 0 Å². The van der Waals surface area contributed by atoms with Crippen LogP contribution in [0.1, 0.15) is 6.92 Å². The summed E-state index contributed by atoms with van der Waals surface area (Å²) in [6, 6.07) is 0. The summed E-state index contributed by atoms with van der Waals surface area (Å²) >= 11 is 0. The molecule has 0 aromatic carbocycles. The van der Waals surface area contributed by atoms with Crippen molar-refractivity contribution in [3.63, 3.8) is 0 Å². The molecule has 0 saturated carbocycles. The van der Waals surface area contributed by atoms with Gasteiger partial charge < -0.3 is 10.2 Å². The fraction of sp³-hybridized carbons (Fsp3) is 0.273. The van der Waals surface area contributed by atoms with Crippen molar-refractivity contribution in [1.29, 1.82) is 0 Å². The van der Waals surface area contributed by atoms with Crippen molar-refractivity contribution in [2.75, 3.05) is 13.2 Å². The Hall–Kier alpha value is -1.52. The van der Waals surface area contributed by atoms with Crippen LogP contribution in [0.3, 0.4) is 0 Å². The predicted octanol–water partition coefficient (Wildman–Crippen LogP) is -0.275. The molecule has 0 fully saturated rings. The average Bonchev–Trinajstić information content (AvgIpc) is 2.23. The van der Waals surface area contributed by atoms with Crippen LogP contribution in [0.2, 0.25) is 0 Å². The van der Waals surface area contributed by atoms with Crippen LogP contribution in [0.5, 0.6) is 0 Å². The fourth-order valence-corrected chi connectivity index (χ4v) is 1.49. The molecule has 0 unspecified atom stereocenters. The van der Waals surface area contributed by atoms with Gasteiger partial charge in [0.2, 0.25) is 0 Å². The molecule has 0 aliphatic heterocycles. The Morgan fingerprint density at radius 3 is 2.00 bits per heavy atom. The first-order chi connectivity index (χ1) is 7.08. The molecule has 2 N–H and O–H groups in total. The van der Waals surface area contributed by atoms with E-state index in [-0.39, 0.29) is 22.3 Å². The molecule has 79 valence electrons. The molecule has 0 heterocycles. The van der Waals surface area contributed by atoms with Crippen molar-refractivity contribution < 1.29 is 19.8 Å². The van der Waals surface area contributed by atoms with Crippen LogP contribution in [-0.4, -0.2) is 35.0 Å². The third kappa shape index (κ3) is 1.69. The zero-order valence-corrected chi connectivity index (χ0v) is 8.28. The van der Waals surface area contributed by atoms with Crippen molar-refractivity contribution in [3.8, 4) is 0 Å².